The molecule has 1 aromatic heterocycles. The van der Waals surface area contributed by atoms with E-state index in [1.807, 2.05) is 0 Å². The minimum Gasteiger partial charge on any atom is -0.324 e. The molecule has 0 amide bonds. The maximum absolute atomic E-state index is 6.05. The first kappa shape index (κ1) is 10.1. The van der Waals surface area contributed by atoms with E-state index in [2.05, 4.69) is 46.4 Å². The van der Waals surface area contributed by atoms with Crippen LogP contribution in [0, 0.1) is 0 Å². The third-order valence-electron chi connectivity index (χ3n) is 2.42. The van der Waals surface area contributed by atoms with E-state index in [0.717, 1.165) is 10.9 Å². The largest absolute Gasteiger partial charge is 0.324 e. The van der Waals surface area contributed by atoms with E-state index in [1.165, 1.54) is 15.6 Å². The molecule has 0 aliphatic carbocycles. The van der Waals surface area contributed by atoms with Crippen molar-refractivity contribution in [3.8, 4) is 0 Å². The molecule has 3 heteroatoms. The summed E-state index contributed by atoms with van der Waals surface area (Å²) < 4.78 is 2.46. The van der Waals surface area contributed by atoms with Gasteiger partial charge in [0.25, 0.3) is 0 Å². The van der Waals surface area contributed by atoms with Gasteiger partial charge in [-0.1, -0.05) is 19.1 Å². The molecule has 0 aliphatic rings. The molecule has 0 saturated carbocycles. The second-order valence-electron chi connectivity index (χ2n) is 3.32. The smallest absolute Gasteiger partial charge is 0.0488 e. The monoisotopic (exact) mass is 269 g/mol. The van der Waals surface area contributed by atoms with Crippen LogP contribution in [0.25, 0.3) is 10.1 Å². The van der Waals surface area contributed by atoms with Crippen molar-refractivity contribution in [1.82, 2.24) is 0 Å². The van der Waals surface area contributed by atoms with Crippen molar-refractivity contribution in [2.45, 2.75) is 19.4 Å². The Bertz CT molecular complexity index is 449. The van der Waals surface area contributed by atoms with Crippen LogP contribution in [0.2, 0.25) is 0 Å². The lowest BCUT2D eigenvalue weighted by Crippen LogP contribution is -2.07. The van der Waals surface area contributed by atoms with Crippen molar-refractivity contribution in [2.75, 3.05) is 0 Å². The number of thiophene rings is 1. The molecule has 1 heterocycles. The fourth-order valence-electron chi connectivity index (χ4n) is 1.55. The van der Waals surface area contributed by atoms with E-state index in [4.69, 9.17) is 5.73 Å². The molecule has 0 aliphatic heterocycles. The molecule has 0 bridgehead atoms. The van der Waals surface area contributed by atoms with Crippen molar-refractivity contribution < 1.29 is 0 Å². The third kappa shape index (κ3) is 1.60. The molecule has 2 aromatic rings. The van der Waals surface area contributed by atoms with Gasteiger partial charge in [0.2, 0.25) is 0 Å². The van der Waals surface area contributed by atoms with E-state index in [-0.39, 0.29) is 6.04 Å². The molecular weight excluding hydrogens is 258 g/mol. The summed E-state index contributed by atoms with van der Waals surface area (Å²) in [4.78, 5) is 0. The van der Waals surface area contributed by atoms with Crippen molar-refractivity contribution in [3.05, 3.63) is 33.6 Å². The van der Waals surface area contributed by atoms with Gasteiger partial charge in [0.05, 0.1) is 0 Å². The van der Waals surface area contributed by atoms with Crippen molar-refractivity contribution in [1.29, 1.82) is 0 Å². The molecule has 2 rings (SSSR count). The highest BCUT2D eigenvalue weighted by Gasteiger charge is 2.10. The van der Waals surface area contributed by atoms with Gasteiger partial charge in [-0.05, 0) is 44.7 Å². The lowest BCUT2D eigenvalue weighted by Gasteiger charge is -2.06. The molecule has 14 heavy (non-hydrogen) atoms. The van der Waals surface area contributed by atoms with Gasteiger partial charge in [-0.2, -0.15) is 0 Å². The molecular formula is C11H12BrNS. The second kappa shape index (κ2) is 4.01. The summed E-state index contributed by atoms with van der Waals surface area (Å²) in [6, 6.07) is 6.44. The molecule has 0 spiro atoms. The Hall–Kier alpha value is -0.380. The normalized spacial score (nSPS) is 13.4. The summed E-state index contributed by atoms with van der Waals surface area (Å²) >= 11 is 5.31. The highest BCUT2D eigenvalue weighted by molar-refractivity contribution is 9.10. The second-order valence-corrected chi connectivity index (χ2v) is 5.06. The first-order valence-corrected chi connectivity index (χ1v) is 6.32. The fraction of sp³-hybridized carbons (Fsp3) is 0.273. The van der Waals surface area contributed by atoms with Crippen LogP contribution < -0.4 is 5.73 Å². The van der Waals surface area contributed by atoms with Gasteiger partial charge in [0.1, 0.15) is 0 Å². The Labute approximate surface area is 96.1 Å². The van der Waals surface area contributed by atoms with Crippen LogP contribution in [0.3, 0.4) is 0 Å². The lowest BCUT2D eigenvalue weighted by molar-refractivity contribution is 0.706. The van der Waals surface area contributed by atoms with Gasteiger partial charge >= 0.3 is 0 Å². The summed E-state index contributed by atoms with van der Waals surface area (Å²) in [6.45, 7) is 2.12. The zero-order valence-electron chi connectivity index (χ0n) is 7.96. The fourth-order valence-corrected chi connectivity index (χ4v) is 3.24. The molecule has 74 valence electrons. The summed E-state index contributed by atoms with van der Waals surface area (Å²) in [7, 11) is 0. The van der Waals surface area contributed by atoms with Gasteiger partial charge in [-0.15, -0.1) is 11.3 Å². The SMILES string of the molecule is CC[C@@H](N)c1csc2c(Br)cccc12. The number of fused-ring (bicyclic) bond motifs is 1. The van der Waals surface area contributed by atoms with E-state index in [9.17, 15) is 0 Å². The van der Waals surface area contributed by atoms with Crippen LogP contribution in [0.1, 0.15) is 24.9 Å². The maximum atomic E-state index is 6.05. The van der Waals surface area contributed by atoms with Crippen LogP contribution in [0.5, 0.6) is 0 Å². The maximum Gasteiger partial charge on any atom is 0.0488 e. The molecule has 0 fully saturated rings. The Morgan fingerprint density at radius 2 is 2.29 bits per heavy atom. The lowest BCUT2D eigenvalue weighted by atomic mass is 10.0. The van der Waals surface area contributed by atoms with E-state index in [1.54, 1.807) is 11.3 Å². The van der Waals surface area contributed by atoms with Crippen LogP contribution >= 0.6 is 27.3 Å². The average molecular weight is 270 g/mol. The Balaban J connectivity index is 2.63. The van der Waals surface area contributed by atoms with Crippen LogP contribution in [0.15, 0.2) is 28.1 Å². The number of halogens is 1. The minimum absolute atomic E-state index is 0.165. The minimum atomic E-state index is 0.165. The molecule has 2 N–H and O–H groups in total. The predicted octanol–water partition coefficient (Wildman–Crippen LogP) is 4.07. The molecule has 1 aromatic carbocycles. The van der Waals surface area contributed by atoms with E-state index >= 15 is 0 Å². The Morgan fingerprint density at radius 3 is 3.00 bits per heavy atom. The molecule has 0 unspecified atom stereocenters. The number of nitrogens with two attached hydrogens (primary N) is 1. The zero-order valence-corrected chi connectivity index (χ0v) is 10.4. The summed E-state index contributed by atoms with van der Waals surface area (Å²) in [5.41, 5.74) is 7.32. The summed E-state index contributed by atoms with van der Waals surface area (Å²) in [6.07, 6.45) is 0.984. The van der Waals surface area contributed by atoms with Crippen LogP contribution in [-0.2, 0) is 0 Å². The Morgan fingerprint density at radius 1 is 1.50 bits per heavy atom. The van der Waals surface area contributed by atoms with Crippen molar-refractivity contribution in [2.24, 2.45) is 5.73 Å². The molecule has 1 nitrogen and oxygen atoms in total. The summed E-state index contributed by atoms with van der Waals surface area (Å²) in [5.74, 6) is 0. The quantitative estimate of drug-likeness (QED) is 0.874. The molecule has 1 atom stereocenters. The molecule has 0 saturated heterocycles. The molecule has 0 radical (unpaired) electrons. The highest BCUT2D eigenvalue weighted by atomic mass is 79.9. The van der Waals surface area contributed by atoms with Crippen molar-refractivity contribution >= 4 is 37.4 Å². The van der Waals surface area contributed by atoms with Gasteiger partial charge in [0, 0.05) is 15.2 Å². The van der Waals surface area contributed by atoms with Crippen LogP contribution in [0.4, 0.5) is 0 Å². The van der Waals surface area contributed by atoms with Crippen LogP contribution in [-0.4, -0.2) is 0 Å². The average Bonchev–Trinajstić information content (AvgIpc) is 2.62. The van der Waals surface area contributed by atoms with Gasteiger partial charge in [-0.3, -0.25) is 0 Å². The first-order valence-electron chi connectivity index (χ1n) is 4.65. The number of hydrogen-bond acceptors (Lipinski definition) is 2. The number of hydrogen-bond donors (Lipinski definition) is 1. The number of benzene rings is 1. The Kier molecular flexibility index (Phi) is 2.91. The van der Waals surface area contributed by atoms with Crippen molar-refractivity contribution in [3.63, 3.8) is 0 Å². The summed E-state index contributed by atoms with van der Waals surface area (Å²) in [5, 5.41) is 3.46. The topological polar surface area (TPSA) is 26.0 Å². The van der Waals surface area contributed by atoms with Gasteiger partial charge < -0.3 is 5.73 Å². The standard InChI is InChI=1S/C11H12BrNS/c1-2-10(13)8-6-14-11-7(8)4-3-5-9(11)12/h3-6,10H,2,13H2,1H3/t10-/m1/s1. The third-order valence-corrected chi connectivity index (χ3v) is 4.39. The first-order chi connectivity index (χ1) is 6.74. The highest BCUT2D eigenvalue weighted by Crippen LogP contribution is 2.35. The van der Waals surface area contributed by atoms with Gasteiger partial charge in [-0.25, -0.2) is 0 Å². The number of rotatable bonds is 2. The van der Waals surface area contributed by atoms with E-state index < -0.39 is 0 Å². The van der Waals surface area contributed by atoms with E-state index in [0.29, 0.717) is 0 Å². The zero-order chi connectivity index (χ0) is 10.1. The van der Waals surface area contributed by atoms with Gasteiger partial charge in [0.15, 0.2) is 0 Å². The predicted molar refractivity (Wildman–Crippen MR) is 66.7 cm³/mol.